The van der Waals surface area contributed by atoms with Gasteiger partial charge in [-0.25, -0.2) is 9.97 Å². The van der Waals surface area contributed by atoms with Crippen LogP contribution in [0.1, 0.15) is 37.1 Å². The maximum absolute atomic E-state index is 13.2. The first-order chi connectivity index (χ1) is 18.5. The Kier molecular flexibility index (Phi) is 6.07. The molecule has 2 fully saturated rings. The normalized spacial score (nSPS) is 15.7. The minimum absolute atomic E-state index is 0.0340. The number of amides is 2. The number of allylic oxidation sites excluding steroid dienone is 2. The summed E-state index contributed by atoms with van der Waals surface area (Å²) in [6, 6.07) is 3.86. The van der Waals surface area contributed by atoms with E-state index in [2.05, 4.69) is 37.0 Å². The second kappa shape index (κ2) is 9.70. The Hall–Kier alpha value is -4.60. The SMILES string of the molecule is C=C/C=C(/C(=O)N1CCCC1)c1nc(-c2[nH]nc3ncc(-c4cncc(NC(=O)C5CC5)c4)cc23)[nH]c1C. The van der Waals surface area contributed by atoms with E-state index in [-0.39, 0.29) is 17.7 Å². The lowest BCUT2D eigenvalue weighted by molar-refractivity contribution is -0.124. The maximum Gasteiger partial charge on any atom is 0.256 e. The number of fused-ring (bicyclic) bond motifs is 1. The molecule has 0 unspecified atom stereocenters. The fourth-order valence-corrected chi connectivity index (χ4v) is 4.80. The summed E-state index contributed by atoms with van der Waals surface area (Å²) < 4.78 is 0. The van der Waals surface area contributed by atoms with Crippen LogP contribution >= 0.6 is 0 Å². The van der Waals surface area contributed by atoms with E-state index in [0.717, 1.165) is 61.0 Å². The molecule has 0 radical (unpaired) electrons. The lowest BCUT2D eigenvalue weighted by Crippen LogP contribution is -2.28. The average Bonchev–Trinajstić information content (AvgIpc) is 3.30. The minimum Gasteiger partial charge on any atom is -0.340 e. The van der Waals surface area contributed by atoms with Crippen LogP contribution in [0.25, 0.3) is 39.3 Å². The fourth-order valence-electron chi connectivity index (χ4n) is 4.80. The number of likely N-dealkylation sites (tertiary alicyclic amines) is 1. The zero-order valence-electron chi connectivity index (χ0n) is 21.1. The van der Waals surface area contributed by atoms with Crippen LogP contribution in [0.2, 0.25) is 0 Å². The molecule has 1 saturated heterocycles. The molecule has 2 amide bonds. The number of aryl methyl sites for hydroxylation is 1. The Morgan fingerprint density at radius 2 is 1.92 bits per heavy atom. The first-order valence-electron chi connectivity index (χ1n) is 12.8. The molecule has 1 aliphatic heterocycles. The van der Waals surface area contributed by atoms with Gasteiger partial charge in [0.05, 0.1) is 28.5 Å². The highest BCUT2D eigenvalue weighted by Gasteiger charge is 2.30. The molecule has 0 spiro atoms. The molecule has 5 heterocycles. The van der Waals surface area contributed by atoms with Crippen molar-refractivity contribution in [2.45, 2.75) is 32.6 Å². The van der Waals surface area contributed by atoms with Gasteiger partial charge in [0.2, 0.25) is 5.91 Å². The van der Waals surface area contributed by atoms with Gasteiger partial charge in [-0.1, -0.05) is 12.7 Å². The summed E-state index contributed by atoms with van der Waals surface area (Å²) >= 11 is 0. The number of nitrogens with one attached hydrogen (secondary N) is 3. The van der Waals surface area contributed by atoms with E-state index in [4.69, 9.17) is 4.98 Å². The van der Waals surface area contributed by atoms with E-state index in [9.17, 15) is 9.59 Å². The zero-order chi connectivity index (χ0) is 26.2. The van der Waals surface area contributed by atoms with Crippen molar-refractivity contribution in [1.29, 1.82) is 0 Å². The van der Waals surface area contributed by atoms with E-state index < -0.39 is 0 Å². The van der Waals surface area contributed by atoms with E-state index >= 15 is 0 Å². The number of pyridine rings is 2. The Bertz CT molecular complexity index is 1590. The highest BCUT2D eigenvalue weighted by atomic mass is 16.2. The largest absolute Gasteiger partial charge is 0.340 e. The smallest absolute Gasteiger partial charge is 0.256 e. The number of hydrogen-bond donors (Lipinski definition) is 3. The second-order valence-corrected chi connectivity index (χ2v) is 9.79. The summed E-state index contributed by atoms with van der Waals surface area (Å²) in [5.74, 6) is 0.667. The van der Waals surface area contributed by atoms with Gasteiger partial charge in [-0.05, 0) is 50.8 Å². The van der Waals surface area contributed by atoms with Crippen LogP contribution in [0.15, 0.2) is 49.5 Å². The van der Waals surface area contributed by atoms with Crippen LogP contribution in [0.3, 0.4) is 0 Å². The zero-order valence-corrected chi connectivity index (χ0v) is 21.1. The summed E-state index contributed by atoms with van der Waals surface area (Å²) in [5.41, 5.74) is 5.40. The van der Waals surface area contributed by atoms with E-state index in [1.54, 1.807) is 30.7 Å². The number of rotatable bonds is 7. The predicted octanol–water partition coefficient (Wildman–Crippen LogP) is 4.26. The van der Waals surface area contributed by atoms with Crippen LogP contribution in [-0.2, 0) is 9.59 Å². The summed E-state index contributed by atoms with van der Waals surface area (Å²) in [7, 11) is 0. The van der Waals surface area contributed by atoms with Gasteiger partial charge in [0.25, 0.3) is 5.91 Å². The molecule has 1 saturated carbocycles. The van der Waals surface area contributed by atoms with Crippen molar-refractivity contribution in [1.82, 2.24) is 35.0 Å². The van der Waals surface area contributed by atoms with E-state index in [1.807, 2.05) is 24.0 Å². The molecule has 0 bridgehead atoms. The molecule has 192 valence electrons. The first kappa shape index (κ1) is 23.8. The Balaban J connectivity index is 1.34. The molecule has 2 aliphatic rings. The Labute approximate surface area is 219 Å². The van der Waals surface area contributed by atoms with Crippen molar-refractivity contribution in [2.75, 3.05) is 18.4 Å². The molecule has 10 nitrogen and oxygen atoms in total. The molecule has 10 heteroatoms. The third-order valence-electron chi connectivity index (χ3n) is 6.98. The van der Waals surface area contributed by atoms with Crippen LogP contribution in [-0.4, -0.2) is 59.9 Å². The molecule has 0 aromatic carbocycles. The highest BCUT2D eigenvalue weighted by Crippen LogP contribution is 2.32. The van der Waals surface area contributed by atoms with Gasteiger partial charge in [-0.2, -0.15) is 5.10 Å². The molecule has 0 atom stereocenters. The molecule has 3 N–H and O–H groups in total. The first-order valence-corrected chi connectivity index (χ1v) is 12.8. The van der Waals surface area contributed by atoms with E-state index in [0.29, 0.717) is 34.1 Å². The standard InChI is InChI=1S/C28H28N8O2/c1-3-6-21(28(38)36-9-4-5-10-36)23-16(2)31-26(33-23)24-22-12-19(14-30-25(22)35-34-24)18-11-20(15-29-13-18)32-27(37)17-7-8-17/h3,6,11-15,17H,1,4-5,7-10H2,2H3,(H,31,33)(H,32,37)(H,30,34,35)/b21-6+. The van der Waals surface area contributed by atoms with Crippen LogP contribution in [0.4, 0.5) is 5.69 Å². The van der Waals surface area contributed by atoms with Gasteiger partial charge >= 0.3 is 0 Å². The third kappa shape index (κ3) is 4.49. The summed E-state index contributed by atoms with van der Waals surface area (Å²) in [6.07, 6.45) is 12.4. The monoisotopic (exact) mass is 508 g/mol. The van der Waals surface area contributed by atoms with Crippen molar-refractivity contribution in [2.24, 2.45) is 5.92 Å². The Morgan fingerprint density at radius 3 is 2.68 bits per heavy atom. The summed E-state index contributed by atoms with van der Waals surface area (Å²) in [5, 5.41) is 11.1. The van der Waals surface area contributed by atoms with Crippen molar-refractivity contribution < 1.29 is 9.59 Å². The van der Waals surface area contributed by atoms with Gasteiger partial charge in [0.1, 0.15) is 5.69 Å². The fraction of sp³-hybridized carbons (Fsp3) is 0.286. The quantitative estimate of drug-likeness (QED) is 0.252. The van der Waals surface area contributed by atoms with Gasteiger partial charge in [-0.3, -0.25) is 19.7 Å². The number of anilines is 1. The minimum atomic E-state index is -0.0388. The lowest BCUT2D eigenvalue weighted by Gasteiger charge is -2.16. The van der Waals surface area contributed by atoms with Crippen molar-refractivity contribution >= 4 is 34.1 Å². The number of aromatic amines is 2. The third-order valence-corrected chi connectivity index (χ3v) is 6.98. The second-order valence-electron chi connectivity index (χ2n) is 9.79. The van der Waals surface area contributed by atoms with Crippen molar-refractivity contribution in [3.05, 3.63) is 60.8 Å². The van der Waals surface area contributed by atoms with Crippen LogP contribution in [0, 0.1) is 12.8 Å². The topological polar surface area (TPSA) is 133 Å². The molecule has 38 heavy (non-hydrogen) atoms. The number of imidazole rings is 1. The molecule has 1 aliphatic carbocycles. The number of H-pyrrole nitrogens is 2. The molecule has 6 rings (SSSR count). The lowest BCUT2D eigenvalue weighted by atomic mass is 10.1. The maximum atomic E-state index is 13.2. The van der Waals surface area contributed by atoms with Crippen LogP contribution in [0.5, 0.6) is 0 Å². The number of carbonyl (C=O) groups is 2. The number of aromatic nitrogens is 6. The number of hydrogen-bond acceptors (Lipinski definition) is 6. The van der Waals surface area contributed by atoms with Gasteiger partial charge in [0, 0.05) is 48.2 Å². The number of nitrogens with zero attached hydrogens (tertiary/aromatic N) is 5. The van der Waals surface area contributed by atoms with Crippen molar-refractivity contribution in [3.63, 3.8) is 0 Å². The van der Waals surface area contributed by atoms with Crippen LogP contribution < -0.4 is 5.32 Å². The summed E-state index contributed by atoms with van der Waals surface area (Å²) in [6.45, 7) is 7.20. The molecular weight excluding hydrogens is 480 g/mol. The van der Waals surface area contributed by atoms with Gasteiger partial charge in [0.15, 0.2) is 11.5 Å². The van der Waals surface area contributed by atoms with Gasteiger partial charge < -0.3 is 15.2 Å². The van der Waals surface area contributed by atoms with Crippen molar-refractivity contribution in [3.8, 4) is 22.6 Å². The predicted molar refractivity (Wildman–Crippen MR) is 145 cm³/mol. The molecule has 4 aromatic rings. The average molecular weight is 509 g/mol. The highest BCUT2D eigenvalue weighted by molar-refractivity contribution is 6.19. The number of carbonyl (C=O) groups excluding carboxylic acids is 2. The van der Waals surface area contributed by atoms with Gasteiger partial charge in [-0.15, -0.1) is 0 Å². The summed E-state index contributed by atoms with van der Waals surface area (Å²) in [4.78, 5) is 44.2. The van der Waals surface area contributed by atoms with E-state index in [1.165, 1.54) is 0 Å². The Morgan fingerprint density at radius 1 is 1.13 bits per heavy atom. The molecule has 4 aromatic heterocycles. The molecular formula is C28H28N8O2.